The maximum atomic E-state index is 12.8. The smallest absolute Gasteiger partial charge is 0.326 e. The highest BCUT2D eigenvalue weighted by atomic mass is 16.4. The number of hydrogen-bond donors (Lipinski definition) is 8. The maximum Gasteiger partial charge on any atom is 0.326 e. The zero-order chi connectivity index (χ0) is 24.8. The summed E-state index contributed by atoms with van der Waals surface area (Å²) in [4.78, 5) is 70.8. The van der Waals surface area contributed by atoms with E-state index in [0.29, 0.717) is 19.4 Å². The van der Waals surface area contributed by atoms with Gasteiger partial charge in [0, 0.05) is 6.42 Å². The van der Waals surface area contributed by atoms with Gasteiger partial charge in [0.2, 0.25) is 29.5 Å². The number of nitrogens with one attached hydrogen (secondary N) is 3. The predicted octanol–water partition coefficient (Wildman–Crippen LogP) is -3.86. The summed E-state index contributed by atoms with van der Waals surface area (Å²) in [6.45, 7) is 1.80. The van der Waals surface area contributed by atoms with Gasteiger partial charge in [0.05, 0.1) is 12.5 Å². The van der Waals surface area contributed by atoms with E-state index >= 15 is 0 Å². The van der Waals surface area contributed by atoms with Gasteiger partial charge in [-0.05, 0) is 39.2 Å². The molecule has 12 N–H and O–H groups in total. The van der Waals surface area contributed by atoms with Gasteiger partial charge in [0.15, 0.2) is 0 Å². The Bertz CT molecular complexity index is 699. The van der Waals surface area contributed by atoms with Gasteiger partial charge in [0.25, 0.3) is 0 Å². The molecule has 0 saturated carbocycles. The number of aliphatic carboxylic acids is 1. The summed E-state index contributed by atoms with van der Waals surface area (Å²) in [5, 5.41) is 16.1. The van der Waals surface area contributed by atoms with Gasteiger partial charge in [0.1, 0.15) is 18.1 Å². The molecule has 0 aromatic carbocycles. The van der Waals surface area contributed by atoms with Crippen LogP contribution >= 0.6 is 0 Å². The molecule has 0 heterocycles. The molecule has 182 valence electrons. The van der Waals surface area contributed by atoms with Crippen LogP contribution in [0.4, 0.5) is 0 Å². The second-order valence-electron chi connectivity index (χ2n) is 7.27. The molecule has 0 bridgehead atoms. The molecule has 0 aliphatic carbocycles. The molecule has 0 spiro atoms. The molecule has 0 saturated heterocycles. The molecular weight excluding hydrogens is 426 g/mol. The molecule has 4 unspecified atom stereocenters. The summed E-state index contributed by atoms with van der Waals surface area (Å²) in [5.41, 5.74) is 21.1. The highest BCUT2D eigenvalue weighted by molar-refractivity contribution is 5.95. The quantitative estimate of drug-likeness (QED) is 0.105. The van der Waals surface area contributed by atoms with Gasteiger partial charge in [-0.25, -0.2) is 4.79 Å². The van der Waals surface area contributed by atoms with E-state index in [1.807, 2.05) is 0 Å². The number of carbonyl (C=O) groups excluding carboxylic acids is 5. The minimum Gasteiger partial charge on any atom is -0.480 e. The van der Waals surface area contributed by atoms with Gasteiger partial charge in [-0.2, -0.15) is 0 Å². The van der Waals surface area contributed by atoms with Crippen LogP contribution in [0.5, 0.6) is 0 Å². The normalized spacial score (nSPS) is 14.3. The van der Waals surface area contributed by atoms with Crippen LogP contribution in [0, 0.1) is 0 Å². The lowest BCUT2D eigenvalue weighted by Gasteiger charge is -2.24. The Labute approximate surface area is 185 Å². The fourth-order valence-electron chi connectivity index (χ4n) is 2.57. The zero-order valence-corrected chi connectivity index (χ0v) is 18.0. The molecule has 32 heavy (non-hydrogen) atoms. The van der Waals surface area contributed by atoms with E-state index in [-0.39, 0.29) is 19.3 Å². The van der Waals surface area contributed by atoms with Crippen LogP contribution in [-0.4, -0.2) is 71.3 Å². The first-order chi connectivity index (χ1) is 14.9. The maximum absolute atomic E-state index is 12.8. The van der Waals surface area contributed by atoms with E-state index in [4.69, 9.17) is 28.0 Å². The fourth-order valence-corrected chi connectivity index (χ4v) is 2.57. The van der Waals surface area contributed by atoms with Crippen molar-refractivity contribution in [3.63, 3.8) is 0 Å². The fraction of sp³-hybridized carbons (Fsp3) is 0.667. The number of carbonyl (C=O) groups is 6. The number of amides is 5. The molecule has 5 amide bonds. The molecule has 0 radical (unpaired) electrons. The summed E-state index contributed by atoms with van der Waals surface area (Å²) < 4.78 is 0. The van der Waals surface area contributed by atoms with Crippen molar-refractivity contribution in [2.24, 2.45) is 22.9 Å². The number of rotatable bonds is 16. The van der Waals surface area contributed by atoms with Crippen molar-refractivity contribution in [3.8, 4) is 0 Å². The highest BCUT2D eigenvalue weighted by Crippen LogP contribution is 2.05. The van der Waals surface area contributed by atoms with Crippen LogP contribution in [0.1, 0.15) is 45.4 Å². The second kappa shape index (κ2) is 14.7. The number of carboxylic acid groups (broad SMARTS) is 1. The van der Waals surface area contributed by atoms with Gasteiger partial charge < -0.3 is 44.0 Å². The molecule has 0 aromatic rings. The van der Waals surface area contributed by atoms with Crippen molar-refractivity contribution in [2.45, 2.75) is 69.6 Å². The van der Waals surface area contributed by atoms with E-state index in [0.717, 1.165) is 0 Å². The number of hydrogen-bond acceptors (Lipinski definition) is 8. The third-order valence-electron chi connectivity index (χ3n) is 4.33. The Hall–Kier alpha value is -3.26. The summed E-state index contributed by atoms with van der Waals surface area (Å²) in [7, 11) is 0. The zero-order valence-electron chi connectivity index (χ0n) is 18.0. The average Bonchev–Trinajstić information content (AvgIpc) is 2.68. The van der Waals surface area contributed by atoms with Crippen LogP contribution in [0.25, 0.3) is 0 Å². The monoisotopic (exact) mass is 459 g/mol. The van der Waals surface area contributed by atoms with Crippen molar-refractivity contribution in [2.75, 3.05) is 6.54 Å². The average molecular weight is 460 g/mol. The Kier molecular flexibility index (Phi) is 13.2. The second-order valence-corrected chi connectivity index (χ2v) is 7.27. The minimum atomic E-state index is -1.63. The molecule has 4 atom stereocenters. The predicted molar refractivity (Wildman–Crippen MR) is 112 cm³/mol. The van der Waals surface area contributed by atoms with Crippen LogP contribution in [-0.2, 0) is 28.8 Å². The van der Waals surface area contributed by atoms with Crippen molar-refractivity contribution in [3.05, 3.63) is 0 Å². The lowest BCUT2D eigenvalue weighted by Crippen LogP contribution is -2.57. The summed E-state index contributed by atoms with van der Waals surface area (Å²) in [6.07, 6.45) is 0.0554. The molecular formula is C18H33N7O7. The van der Waals surface area contributed by atoms with Crippen molar-refractivity contribution in [1.82, 2.24) is 16.0 Å². The van der Waals surface area contributed by atoms with Gasteiger partial charge in [-0.1, -0.05) is 0 Å². The molecule has 0 aromatic heterocycles. The highest BCUT2D eigenvalue weighted by Gasteiger charge is 2.30. The molecule has 0 aliphatic heterocycles. The first-order valence-electron chi connectivity index (χ1n) is 10.0. The van der Waals surface area contributed by atoms with Crippen LogP contribution in [0.15, 0.2) is 0 Å². The van der Waals surface area contributed by atoms with Crippen LogP contribution in [0.3, 0.4) is 0 Å². The third-order valence-corrected chi connectivity index (χ3v) is 4.33. The van der Waals surface area contributed by atoms with Crippen LogP contribution in [0.2, 0.25) is 0 Å². The molecule has 14 nitrogen and oxygen atoms in total. The number of carboxylic acids is 1. The largest absolute Gasteiger partial charge is 0.480 e. The Morgan fingerprint density at radius 1 is 0.781 bits per heavy atom. The number of primary amides is 2. The molecule has 0 fully saturated rings. The number of nitrogens with two attached hydrogens (primary N) is 4. The molecule has 0 rings (SSSR count). The Morgan fingerprint density at radius 2 is 1.28 bits per heavy atom. The first kappa shape index (κ1) is 28.7. The SMILES string of the molecule is CC(N)C(=O)NC(CCCCN)C(=O)NC(CCC(N)=O)C(=O)NC(CC(N)=O)C(=O)O. The van der Waals surface area contributed by atoms with Gasteiger partial charge >= 0.3 is 5.97 Å². The van der Waals surface area contributed by atoms with Gasteiger partial charge in [-0.3, -0.25) is 24.0 Å². The lowest BCUT2D eigenvalue weighted by molar-refractivity contribution is -0.144. The van der Waals surface area contributed by atoms with Crippen molar-refractivity contribution >= 4 is 35.5 Å². The van der Waals surface area contributed by atoms with E-state index in [1.54, 1.807) is 0 Å². The molecule has 14 heteroatoms. The number of unbranched alkanes of at least 4 members (excludes halogenated alkanes) is 1. The topological polar surface area (TPSA) is 263 Å². The third kappa shape index (κ3) is 11.8. The minimum absolute atomic E-state index is 0.199. The molecule has 0 aliphatic rings. The van der Waals surface area contributed by atoms with E-state index < -0.39 is 66.1 Å². The van der Waals surface area contributed by atoms with E-state index in [9.17, 15) is 28.8 Å². The lowest BCUT2D eigenvalue weighted by atomic mass is 10.0. The van der Waals surface area contributed by atoms with Crippen molar-refractivity contribution in [1.29, 1.82) is 0 Å². The summed E-state index contributed by atoms with van der Waals surface area (Å²) in [6, 6.07) is -4.94. The van der Waals surface area contributed by atoms with Gasteiger partial charge in [-0.15, -0.1) is 0 Å². The first-order valence-corrected chi connectivity index (χ1v) is 10.0. The summed E-state index contributed by atoms with van der Waals surface area (Å²) >= 11 is 0. The standard InChI is InChI=1S/C18H33N7O7/c1-9(20)15(28)23-10(4-2-3-7-19)16(29)24-11(5-6-13(21)26)17(30)25-12(18(31)32)8-14(22)27/h9-12H,2-8,19-20H2,1H3,(H2,21,26)(H2,22,27)(H,23,28)(H,24,29)(H,25,30)(H,31,32). The summed E-state index contributed by atoms with van der Waals surface area (Å²) in [5.74, 6) is -5.54. The van der Waals surface area contributed by atoms with E-state index in [2.05, 4.69) is 16.0 Å². The Balaban J connectivity index is 5.49. The van der Waals surface area contributed by atoms with E-state index in [1.165, 1.54) is 6.92 Å². The van der Waals surface area contributed by atoms with Crippen molar-refractivity contribution < 1.29 is 33.9 Å². The van der Waals surface area contributed by atoms with Crippen LogP contribution < -0.4 is 38.9 Å². The Morgan fingerprint density at radius 3 is 1.72 bits per heavy atom.